The van der Waals surface area contributed by atoms with Crippen LogP contribution in [-0.4, -0.2) is 36.7 Å². The topological polar surface area (TPSA) is 67.8 Å². The summed E-state index contributed by atoms with van der Waals surface area (Å²) in [6.07, 6.45) is 5.57. The fourth-order valence-corrected chi connectivity index (χ4v) is 4.18. The average Bonchev–Trinajstić information content (AvgIpc) is 2.76. The van der Waals surface area contributed by atoms with Crippen LogP contribution in [0, 0.1) is 17.3 Å². The number of esters is 1. The lowest BCUT2D eigenvalue weighted by atomic mass is 9.61. The van der Waals surface area contributed by atoms with E-state index in [1.54, 1.807) is 13.2 Å². The van der Waals surface area contributed by atoms with Crippen LogP contribution in [0.3, 0.4) is 0 Å². The summed E-state index contributed by atoms with van der Waals surface area (Å²) in [6, 6.07) is 0. The normalized spacial score (nSPS) is 43.9. The average molecular weight is 307 g/mol. The Morgan fingerprint density at radius 3 is 2.91 bits per heavy atom. The van der Waals surface area contributed by atoms with Crippen molar-refractivity contribution in [2.24, 2.45) is 17.3 Å². The SMILES string of the molecule is COCNC1(O)C=C[C@]2(C)CC[C@H]3[C@H](C)C(=O)O[C@@H]3C2=C1C. The van der Waals surface area contributed by atoms with Crippen LogP contribution in [0.2, 0.25) is 0 Å². The molecule has 1 saturated carbocycles. The molecule has 5 atom stereocenters. The number of aliphatic hydroxyl groups is 1. The zero-order valence-electron chi connectivity index (χ0n) is 13.7. The summed E-state index contributed by atoms with van der Waals surface area (Å²) in [6.45, 7) is 6.26. The van der Waals surface area contributed by atoms with Gasteiger partial charge in [-0.2, -0.15) is 0 Å². The number of methoxy groups -OCH3 is 1. The van der Waals surface area contributed by atoms with E-state index < -0.39 is 5.72 Å². The zero-order valence-corrected chi connectivity index (χ0v) is 13.7. The molecule has 1 heterocycles. The number of hydrogen-bond donors (Lipinski definition) is 2. The summed E-state index contributed by atoms with van der Waals surface area (Å²) in [5.74, 6) is 0.0203. The Hall–Kier alpha value is -1.17. The largest absolute Gasteiger partial charge is 0.457 e. The van der Waals surface area contributed by atoms with Crippen LogP contribution in [0.15, 0.2) is 23.3 Å². The molecule has 0 bridgehead atoms. The lowest BCUT2D eigenvalue weighted by Crippen LogP contribution is -2.51. The number of carbonyl (C=O) groups excluding carboxylic acids is 1. The smallest absolute Gasteiger partial charge is 0.309 e. The highest BCUT2D eigenvalue weighted by Crippen LogP contribution is 2.54. The minimum absolute atomic E-state index is 0.0687. The summed E-state index contributed by atoms with van der Waals surface area (Å²) >= 11 is 0. The molecule has 2 fully saturated rings. The number of nitrogens with one attached hydrogen (secondary N) is 1. The van der Waals surface area contributed by atoms with Gasteiger partial charge in [-0.3, -0.25) is 10.1 Å². The second kappa shape index (κ2) is 5.18. The Balaban J connectivity index is 2.02. The van der Waals surface area contributed by atoms with E-state index in [-0.39, 0.29) is 36.1 Å². The van der Waals surface area contributed by atoms with E-state index in [9.17, 15) is 9.90 Å². The number of hydrogen-bond acceptors (Lipinski definition) is 5. The molecule has 2 N–H and O–H groups in total. The molecule has 22 heavy (non-hydrogen) atoms. The van der Waals surface area contributed by atoms with Crippen molar-refractivity contribution < 1.29 is 19.4 Å². The zero-order chi connectivity index (χ0) is 16.1. The van der Waals surface area contributed by atoms with Crippen molar-refractivity contribution in [2.75, 3.05) is 13.8 Å². The number of allylic oxidation sites excluding steroid dienone is 1. The van der Waals surface area contributed by atoms with Gasteiger partial charge in [-0.25, -0.2) is 0 Å². The summed E-state index contributed by atoms with van der Waals surface area (Å²) in [5, 5.41) is 13.9. The highest BCUT2D eigenvalue weighted by atomic mass is 16.6. The molecule has 0 aromatic rings. The molecule has 2 aliphatic carbocycles. The standard InChI is InChI=1S/C17H25NO4/c1-10-12-5-6-16(3)7-8-17(20,18-9-21-4)11(2)13(16)14(12)22-15(10)19/h7-8,10,12,14,18,20H,5-6,9H2,1-4H3/t10-,12-,14-,16-,17?/m0/s1. The first-order valence-corrected chi connectivity index (χ1v) is 7.91. The Bertz CT molecular complexity index is 555. The molecule has 0 aromatic carbocycles. The van der Waals surface area contributed by atoms with Crippen molar-refractivity contribution in [3.8, 4) is 0 Å². The molecule has 122 valence electrons. The first-order valence-electron chi connectivity index (χ1n) is 7.91. The maximum absolute atomic E-state index is 12.0. The quantitative estimate of drug-likeness (QED) is 0.472. The van der Waals surface area contributed by atoms with E-state index in [1.807, 2.05) is 19.9 Å². The number of fused-ring (bicyclic) bond motifs is 3. The fraction of sp³-hybridized carbons (Fsp3) is 0.706. The van der Waals surface area contributed by atoms with Gasteiger partial charge in [-0.15, -0.1) is 0 Å². The van der Waals surface area contributed by atoms with Crippen LogP contribution in [0.4, 0.5) is 0 Å². The second-order valence-corrected chi connectivity index (χ2v) is 7.01. The van der Waals surface area contributed by atoms with E-state index in [0.29, 0.717) is 0 Å². The third-order valence-electron chi connectivity index (χ3n) is 5.70. The van der Waals surface area contributed by atoms with Crippen molar-refractivity contribution in [3.05, 3.63) is 23.3 Å². The lowest BCUT2D eigenvalue weighted by molar-refractivity contribution is -0.143. The van der Waals surface area contributed by atoms with E-state index in [2.05, 4.69) is 12.2 Å². The van der Waals surface area contributed by atoms with Gasteiger partial charge in [0.25, 0.3) is 0 Å². The van der Waals surface area contributed by atoms with Gasteiger partial charge in [0.05, 0.1) is 12.6 Å². The highest BCUT2D eigenvalue weighted by Gasteiger charge is 2.54. The first-order chi connectivity index (χ1) is 10.3. The van der Waals surface area contributed by atoms with E-state index >= 15 is 0 Å². The molecule has 1 unspecified atom stereocenters. The lowest BCUT2D eigenvalue weighted by Gasteiger charge is -2.47. The third kappa shape index (κ3) is 2.14. The van der Waals surface area contributed by atoms with Crippen molar-refractivity contribution in [2.45, 2.75) is 45.4 Å². The van der Waals surface area contributed by atoms with Gasteiger partial charge in [0.2, 0.25) is 0 Å². The van der Waals surface area contributed by atoms with Gasteiger partial charge in [0, 0.05) is 18.4 Å². The molecule has 5 nitrogen and oxygen atoms in total. The van der Waals surface area contributed by atoms with Crippen LogP contribution in [-0.2, 0) is 14.3 Å². The van der Waals surface area contributed by atoms with E-state index in [0.717, 1.165) is 24.0 Å². The number of ether oxygens (including phenoxy) is 2. The van der Waals surface area contributed by atoms with Gasteiger partial charge >= 0.3 is 5.97 Å². The third-order valence-corrected chi connectivity index (χ3v) is 5.70. The van der Waals surface area contributed by atoms with Crippen LogP contribution in [0.1, 0.15) is 33.6 Å². The molecule has 1 saturated heterocycles. The van der Waals surface area contributed by atoms with Crippen molar-refractivity contribution in [1.82, 2.24) is 5.32 Å². The predicted octanol–water partition coefficient (Wildman–Crippen LogP) is 1.73. The molecule has 0 amide bonds. The minimum atomic E-state index is -1.25. The van der Waals surface area contributed by atoms with Gasteiger partial charge in [-0.05, 0) is 37.0 Å². The maximum Gasteiger partial charge on any atom is 0.309 e. The Morgan fingerprint density at radius 2 is 2.23 bits per heavy atom. The molecule has 3 rings (SSSR count). The minimum Gasteiger partial charge on any atom is -0.457 e. The highest BCUT2D eigenvalue weighted by molar-refractivity contribution is 5.76. The predicted molar refractivity (Wildman–Crippen MR) is 81.7 cm³/mol. The fourth-order valence-electron chi connectivity index (χ4n) is 4.18. The Morgan fingerprint density at radius 1 is 1.50 bits per heavy atom. The van der Waals surface area contributed by atoms with Crippen molar-refractivity contribution >= 4 is 5.97 Å². The van der Waals surface area contributed by atoms with Gasteiger partial charge in [0.15, 0.2) is 5.72 Å². The summed E-state index contributed by atoms with van der Waals surface area (Å²) < 4.78 is 10.7. The Kier molecular flexibility index (Phi) is 3.70. The Labute approximate surface area is 131 Å². The molecule has 5 heteroatoms. The summed E-state index contributed by atoms with van der Waals surface area (Å²) in [4.78, 5) is 12.0. The monoisotopic (exact) mass is 307 g/mol. The van der Waals surface area contributed by atoms with E-state index in [4.69, 9.17) is 9.47 Å². The number of carbonyl (C=O) groups is 1. The summed E-state index contributed by atoms with van der Waals surface area (Å²) in [7, 11) is 1.58. The van der Waals surface area contributed by atoms with Gasteiger partial charge < -0.3 is 14.6 Å². The second-order valence-electron chi connectivity index (χ2n) is 7.01. The van der Waals surface area contributed by atoms with Crippen LogP contribution < -0.4 is 5.32 Å². The molecule has 0 radical (unpaired) electrons. The molecule has 1 aliphatic heterocycles. The van der Waals surface area contributed by atoms with Crippen LogP contribution in [0.5, 0.6) is 0 Å². The molecule has 3 aliphatic rings. The molecule has 0 aromatic heterocycles. The molecule has 0 spiro atoms. The van der Waals surface area contributed by atoms with Crippen molar-refractivity contribution in [1.29, 1.82) is 0 Å². The van der Waals surface area contributed by atoms with Gasteiger partial charge in [-0.1, -0.05) is 19.9 Å². The summed E-state index contributed by atoms with van der Waals surface area (Å²) in [5.41, 5.74) is 0.475. The van der Waals surface area contributed by atoms with Crippen LogP contribution in [0.25, 0.3) is 0 Å². The first kappa shape index (κ1) is 15.7. The number of rotatable bonds is 3. The van der Waals surface area contributed by atoms with Crippen LogP contribution >= 0.6 is 0 Å². The maximum atomic E-state index is 12.0. The molecular weight excluding hydrogens is 282 g/mol. The molecular formula is C17H25NO4. The van der Waals surface area contributed by atoms with Crippen molar-refractivity contribution in [3.63, 3.8) is 0 Å². The van der Waals surface area contributed by atoms with Gasteiger partial charge in [0.1, 0.15) is 6.10 Å². The van der Waals surface area contributed by atoms with E-state index in [1.165, 1.54) is 0 Å².